The molecule has 0 bridgehead atoms. The van der Waals surface area contributed by atoms with Crippen molar-refractivity contribution in [1.82, 2.24) is 24.4 Å². The monoisotopic (exact) mass is 521 g/mol. The van der Waals surface area contributed by atoms with Crippen LogP contribution in [0.2, 0.25) is 0 Å². The number of carbonyl (C=O) groups excluding carboxylic acids is 1. The van der Waals surface area contributed by atoms with Crippen molar-refractivity contribution in [2.75, 3.05) is 69.2 Å². The molecule has 0 radical (unpaired) electrons. The van der Waals surface area contributed by atoms with E-state index < -0.39 is 0 Å². The molecule has 3 aliphatic rings. The van der Waals surface area contributed by atoms with Gasteiger partial charge < -0.3 is 19.6 Å². The predicted octanol–water partition coefficient (Wildman–Crippen LogP) is 3.99. The number of amides is 1. The van der Waals surface area contributed by atoms with Crippen molar-refractivity contribution >= 4 is 33.0 Å². The van der Waals surface area contributed by atoms with Crippen LogP contribution in [0, 0.1) is 18.8 Å². The van der Waals surface area contributed by atoms with Gasteiger partial charge in [-0.15, -0.1) is 5.10 Å². The third kappa shape index (κ3) is 4.95. The molecule has 3 fully saturated rings. The minimum atomic E-state index is 0.146. The summed E-state index contributed by atoms with van der Waals surface area (Å²) in [6.07, 6.45) is 4.41. The first-order chi connectivity index (χ1) is 18.0. The second kappa shape index (κ2) is 10.3. The van der Waals surface area contributed by atoms with Gasteiger partial charge in [0.05, 0.1) is 11.4 Å². The first kappa shape index (κ1) is 24.7. The van der Waals surface area contributed by atoms with Crippen LogP contribution in [-0.2, 0) is 4.79 Å². The van der Waals surface area contributed by atoms with Crippen molar-refractivity contribution in [2.24, 2.45) is 11.8 Å². The van der Waals surface area contributed by atoms with Crippen molar-refractivity contribution in [2.45, 2.75) is 39.5 Å². The summed E-state index contributed by atoms with van der Waals surface area (Å²) in [7, 11) is 2.13. The van der Waals surface area contributed by atoms with E-state index >= 15 is 0 Å². The molecule has 2 aromatic heterocycles. The van der Waals surface area contributed by atoms with Crippen molar-refractivity contribution in [3.8, 4) is 11.3 Å². The number of hydrogen-bond donors (Lipinski definition) is 0. The van der Waals surface area contributed by atoms with Crippen molar-refractivity contribution in [1.29, 1.82) is 0 Å². The van der Waals surface area contributed by atoms with E-state index in [0.29, 0.717) is 5.91 Å². The minimum absolute atomic E-state index is 0.146. The number of benzene rings is 1. The summed E-state index contributed by atoms with van der Waals surface area (Å²) in [6.45, 7) is 12.2. The Balaban J connectivity index is 1.11. The van der Waals surface area contributed by atoms with Crippen LogP contribution < -0.4 is 9.80 Å². The lowest BCUT2D eigenvalue weighted by molar-refractivity contribution is -0.137. The first-order valence-corrected chi connectivity index (χ1v) is 14.7. The van der Waals surface area contributed by atoms with Crippen LogP contribution in [0.25, 0.3) is 16.2 Å². The fourth-order valence-electron chi connectivity index (χ4n) is 6.10. The lowest BCUT2D eigenvalue weighted by atomic mass is 9.95. The third-order valence-electron chi connectivity index (χ3n) is 8.51. The molecule has 5 heterocycles. The molecule has 37 heavy (non-hydrogen) atoms. The Hall–Kier alpha value is -2.65. The average Bonchev–Trinajstić information content (AvgIpc) is 3.48. The normalized spacial score (nSPS) is 22.2. The fraction of sp³-hybridized carbons (Fsp3) is 0.607. The summed E-state index contributed by atoms with van der Waals surface area (Å²) in [5, 5.41) is 5.95. The number of nitrogens with zero attached hydrogens (tertiary/aromatic N) is 7. The van der Waals surface area contributed by atoms with Crippen LogP contribution in [0.3, 0.4) is 0 Å². The molecule has 9 heteroatoms. The number of hydrogen-bond acceptors (Lipinski definition) is 7. The Labute approximate surface area is 223 Å². The van der Waals surface area contributed by atoms with E-state index in [-0.39, 0.29) is 5.92 Å². The number of carbonyl (C=O) groups is 1. The Bertz CT molecular complexity index is 1240. The molecule has 0 aliphatic carbocycles. The largest absolute Gasteiger partial charge is 0.371 e. The highest BCUT2D eigenvalue weighted by Gasteiger charge is 2.31. The average molecular weight is 522 g/mol. The maximum absolute atomic E-state index is 13.0. The minimum Gasteiger partial charge on any atom is -0.371 e. The summed E-state index contributed by atoms with van der Waals surface area (Å²) in [4.78, 5) is 28.1. The lowest BCUT2D eigenvalue weighted by Gasteiger charge is -2.37. The molecule has 6 rings (SSSR count). The maximum Gasteiger partial charge on any atom is 0.225 e. The van der Waals surface area contributed by atoms with E-state index in [1.165, 1.54) is 18.5 Å². The molecule has 3 aliphatic heterocycles. The van der Waals surface area contributed by atoms with Gasteiger partial charge in [0.1, 0.15) is 0 Å². The number of likely N-dealkylation sites (N-methyl/N-ethyl adjacent to an activating group) is 1. The summed E-state index contributed by atoms with van der Waals surface area (Å²) in [5.74, 6) is 1.26. The van der Waals surface area contributed by atoms with E-state index in [0.717, 1.165) is 98.2 Å². The van der Waals surface area contributed by atoms with Gasteiger partial charge in [-0.2, -0.15) is 0 Å². The van der Waals surface area contributed by atoms with Crippen molar-refractivity contribution in [3.63, 3.8) is 0 Å². The quantitative estimate of drug-likeness (QED) is 0.518. The number of aryl methyl sites for hydroxylation is 1. The molecule has 1 amide bonds. The van der Waals surface area contributed by atoms with Crippen LogP contribution >= 0.6 is 11.3 Å². The van der Waals surface area contributed by atoms with Gasteiger partial charge in [0, 0.05) is 69.5 Å². The molecule has 1 aromatic carbocycles. The van der Waals surface area contributed by atoms with Gasteiger partial charge in [-0.25, -0.2) is 9.50 Å². The van der Waals surface area contributed by atoms with Gasteiger partial charge >= 0.3 is 0 Å². The highest BCUT2D eigenvalue weighted by Crippen LogP contribution is 2.33. The second-order valence-electron chi connectivity index (χ2n) is 11.3. The maximum atomic E-state index is 13.0. The topological polar surface area (TPSA) is 60.2 Å². The number of piperazine rings is 1. The molecule has 0 unspecified atom stereocenters. The van der Waals surface area contributed by atoms with Crippen molar-refractivity contribution in [3.05, 3.63) is 30.0 Å². The SMILES string of the molecule is Cc1c(-c2ccc(N3CCC[C@H](C)C3)cc2)nc2sc(N3CCC(C(=O)N4CCN(C)CC4)CC3)nn12. The molecule has 198 valence electrons. The highest BCUT2D eigenvalue weighted by molar-refractivity contribution is 7.20. The molecule has 3 saturated heterocycles. The number of piperidine rings is 2. The predicted molar refractivity (Wildman–Crippen MR) is 151 cm³/mol. The second-order valence-corrected chi connectivity index (χ2v) is 12.2. The van der Waals surface area contributed by atoms with Gasteiger partial charge in [-0.3, -0.25) is 4.79 Å². The zero-order chi connectivity index (χ0) is 25.5. The molecule has 1 atom stereocenters. The van der Waals surface area contributed by atoms with Crippen LogP contribution in [-0.4, -0.2) is 89.7 Å². The fourth-order valence-corrected chi connectivity index (χ4v) is 7.10. The van der Waals surface area contributed by atoms with E-state index in [9.17, 15) is 4.79 Å². The van der Waals surface area contributed by atoms with Crippen LogP contribution in [0.1, 0.15) is 38.3 Å². The van der Waals surface area contributed by atoms with Gasteiger partial charge in [0.2, 0.25) is 16.0 Å². The van der Waals surface area contributed by atoms with Gasteiger partial charge in [0.15, 0.2) is 0 Å². The Morgan fingerprint density at radius 1 is 0.946 bits per heavy atom. The number of imidazole rings is 1. The first-order valence-electron chi connectivity index (χ1n) is 13.9. The van der Waals surface area contributed by atoms with Gasteiger partial charge in [-0.1, -0.05) is 30.4 Å². The number of rotatable bonds is 4. The lowest BCUT2D eigenvalue weighted by Crippen LogP contribution is -2.50. The molecule has 0 spiro atoms. The number of anilines is 2. The van der Waals surface area contributed by atoms with E-state index in [1.807, 2.05) is 4.52 Å². The standard InChI is InChI=1S/C28H39N7OS/c1-20-5-4-12-34(19-20)24-8-6-22(7-9-24)25-21(2)35-27(29-25)37-28(30-35)33-13-10-23(11-14-33)26(36)32-17-15-31(3)16-18-32/h6-9,20,23H,4-5,10-19H2,1-3H3/t20-/m0/s1. The zero-order valence-corrected chi connectivity index (χ0v) is 23.2. The molecule has 0 saturated carbocycles. The summed E-state index contributed by atoms with van der Waals surface area (Å²) < 4.78 is 2.00. The summed E-state index contributed by atoms with van der Waals surface area (Å²) in [5.41, 5.74) is 4.55. The highest BCUT2D eigenvalue weighted by atomic mass is 32.1. The van der Waals surface area contributed by atoms with E-state index in [1.54, 1.807) is 11.3 Å². The van der Waals surface area contributed by atoms with Gasteiger partial charge in [-0.05, 0) is 57.7 Å². The zero-order valence-electron chi connectivity index (χ0n) is 22.4. The summed E-state index contributed by atoms with van der Waals surface area (Å²) in [6, 6.07) is 8.90. The third-order valence-corrected chi connectivity index (χ3v) is 9.48. The van der Waals surface area contributed by atoms with Crippen LogP contribution in [0.15, 0.2) is 24.3 Å². The Kier molecular flexibility index (Phi) is 6.84. The van der Waals surface area contributed by atoms with Crippen molar-refractivity contribution < 1.29 is 4.79 Å². The molecular formula is C28H39N7OS. The Morgan fingerprint density at radius 3 is 2.35 bits per heavy atom. The van der Waals surface area contributed by atoms with Gasteiger partial charge in [0.25, 0.3) is 0 Å². The Morgan fingerprint density at radius 2 is 1.68 bits per heavy atom. The van der Waals surface area contributed by atoms with Crippen LogP contribution in [0.4, 0.5) is 10.8 Å². The van der Waals surface area contributed by atoms with E-state index in [2.05, 4.69) is 64.8 Å². The molecular weight excluding hydrogens is 482 g/mol. The van der Waals surface area contributed by atoms with Crippen LogP contribution in [0.5, 0.6) is 0 Å². The van der Waals surface area contributed by atoms with E-state index in [4.69, 9.17) is 10.1 Å². The molecule has 0 N–H and O–H groups in total. The molecule has 3 aromatic rings. The smallest absolute Gasteiger partial charge is 0.225 e. The number of aromatic nitrogens is 3. The summed E-state index contributed by atoms with van der Waals surface area (Å²) >= 11 is 1.66. The number of fused-ring (bicyclic) bond motifs is 1. The molecule has 8 nitrogen and oxygen atoms in total.